The first-order valence-electron chi connectivity index (χ1n) is 7.63. The third kappa shape index (κ3) is 3.06. The maximum absolute atomic E-state index is 12.4. The molecule has 1 aliphatic rings. The van der Waals surface area contributed by atoms with Crippen LogP contribution in [0.1, 0.15) is 26.3 Å². The van der Waals surface area contributed by atoms with Gasteiger partial charge in [0.15, 0.2) is 0 Å². The zero-order valence-electron chi connectivity index (χ0n) is 13.0. The van der Waals surface area contributed by atoms with Crippen LogP contribution in [0.25, 0.3) is 5.69 Å². The highest BCUT2D eigenvalue weighted by molar-refractivity contribution is 9.10. The SMILES string of the molecule is O=C(Nc1ccc2c(c1)C(=O)NC2)c1ccc(-n2cc(Br)cn2)cc1. The average molecular weight is 397 g/mol. The molecule has 124 valence electrons. The molecule has 2 aromatic carbocycles. The molecule has 4 rings (SSSR count). The largest absolute Gasteiger partial charge is 0.348 e. The van der Waals surface area contributed by atoms with Crippen LogP contribution in [0.2, 0.25) is 0 Å². The molecule has 3 aromatic rings. The lowest BCUT2D eigenvalue weighted by molar-refractivity contribution is 0.0964. The van der Waals surface area contributed by atoms with Crippen LogP contribution >= 0.6 is 15.9 Å². The summed E-state index contributed by atoms with van der Waals surface area (Å²) in [6.45, 7) is 0.535. The molecule has 0 unspecified atom stereocenters. The number of benzene rings is 2. The number of nitrogens with zero attached hydrogens (tertiary/aromatic N) is 2. The average Bonchev–Trinajstić information content (AvgIpc) is 3.21. The van der Waals surface area contributed by atoms with Gasteiger partial charge in [0.2, 0.25) is 0 Å². The second-order valence-corrected chi connectivity index (χ2v) is 6.57. The molecule has 0 aliphatic carbocycles. The number of halogens is 1. The van der Waals surface area contributed by atoms with Gasteiger partial charge in [-0.05, 0) is 57.9 Å². The van der Waals surface area contributed by atoms with E-state index in [2.05, 4.69) is 31.7 Å². The Morgan fingerprint density at radius 2 is 2.00 bits per heavy atom. The second kappa shape index (κ2) is 6.18. The van der Waals surface area contributed by atoms with E-state index in [1.54, 1.807) is 35.1 Å². The van der Waals surface area contributed by atoms with Crippen molar-refractivity contribution in [1.82, 2.24) is 15.1 Å². The van der Waals surface area contributed by atoms with Gasteiger partial charge in [0.25, 0.3) is 11.8 Å². The van der Waals surface area contributed by atoms with Gasteiger partial charge >= 0.3 is 0 Å². The Labute approximate surface area is 152 Å². The molecule has 2 amide bonds. The summed E-state index contributed by atoms with van der Waals surface area (Å²) >= 11 is 3.35. The molecular weight excluding hydrogens is 384 g/mol. The van der Waals surface area contributed by atoms with E-state index in [9.17, 15) is 9.59 Å². The van der Waals surface area contributed by atoms with Gasteiger partial charge in [0.05, 0.1) is 16.4 Å². The highest BCUT2D eigenvalue weighted by Gasteiger charge is 2.19. The molecule has 2 N–H and O–H groups in total. The molecular formula is C18H13BrN4O2. The molecule has 0 saturated heterocycles. The summed E-state index contributed by atoms with van der Waals surface area (Å²) in [6, 6.07) is 12.5. The normalized spacial score (nSPS) is 12.6. The van der Waals surface area contributed by atoms with Crippen LogP contribution in [-0.4, -0.2) is 21.6 Å². The van der Waals surface area contributed by atoms with Crippen LogP contribution < -0.4 is 10.6 Å². The van der Waals surface area contributed by atoms with Crippen molar-refractivity contribution in [2.24, 2.45) is 0 Å². The standard InChI is InChI=1S/C18H13BrN4O2/c19-13-9-21-23(10-13)15-5-2-11(3-6-15)17(24)22-14-4-1-12-8-20-18(25)16(12)7-14/h1-7,9-10H,8H2,(H,20,25)(H,22,24). The van der Waals surface area contributed by atoms with Crippen molar-refractivity contribution in [3.05, 3.63) is 76.0 Å². The molecule has 0 saturated carbocycles. The van der Waals surface area contributed by atoms with Crippen LogP contribution in [0.4, 0.5) is 5.69 Å². The number of rotatable bonds is 3. The lowest BCUT2D eigenvalue weighted by Gasteiger charge is -2.07. The Kier molecular flexibility index (Phi) is 3.85. The molecule has 1 aliphatic heterocycles. The second-order valence-electron chi connectivity index (χ2n) is 5.66. The fraction of sp³-hybridized carbons (Fsp3) is 0.0556. The third-order valence-corrected chi connectivity index (χ3v) is 4.41. The van der Waals surface area contributed by atoms with Crippen LogP contribution in [-0.2, 0) is 6.54 Å². The predicted molar refractivity (Wildman–Crippen MR) is 96.8 cm³/mol. The van der Waals surface area contributed by atoms with Crippen molar-refractivity contribution in [2.45, 2.75) is 6.54 Å². The first kappa shape index (κ1) is 15.6. The van der Waals surface area contributed by atoms with Gasteiger partial charge in [-0.1, -0.05) is 6.07 Å². The zero-order valence-corrected chi connectivity index (χ0v) is 14.6. The monoisotopic (exact) mass is 396 g/mol. The Bertz CT molecular complexity index is 979. The van der Waals surface area contributed by atoms with E-state index in [1.807, 2.05) is 24.4 Å². The Morgan fingerprint density at radius 1 is 1.20 bits per heavy atom. The number of aromatic nitrogens is 2. The van der Waals surface area contributed by atoms with E-state index in [0.29, 0.717) is 23.4 Å². The fourth-order valence-electron chi connectivity index (χ4n) is 2.70. The van der Waals surface area contributed by atoms with Crippen molar-refractivity contribution in [2.75, 3.05) is 5.32 Å². The minimum atomic E-state index is -0.230. The molecule has 0 bridgehead atoms. The number of hydrogen-bond donors (Lipinski definition) is 2. The molecule has 0 atom stereocenters. The first-order valence-corrected chi connectivity index (χ1v) is 8.42. The summed E-state index contributed by atoms with van der Waals surface area (Å²) in [6.07, 6.45) is 3.54. The maximum atomic E-state index is 12.4. The molecule has 7 heteroatoms. The number of anilines is 1. The minimum Gasteiger partial charge on any atom is -0.348 e. The summed E-state index contributed by atoms with van der Waals surface area (Å²) < 4.78 is 2.60. The Balaban J connectivity index is 1.52. The Morgan fingerprint density at radius 3 is 2.72 bits per heavy atom. The maximum Gasteiger partial charge on any atom is 0.255 e. The van der Waals surface area contributed by atoms with Gasteiger partial charge in [-0.15, -0.1) is 0 Å². The fourth-order valence-corrected chi connectivity index (χ4v) is 2.99. The van der Waals surface area contributed by atoms with Crippen LogP contribution in [0.15, 0.2) is 59.3 Å². The van der Waals surface area contributed by atoms with Gasteiger partial charge in [0, 0.05) is 29.6 Å². The van der Waals surface area contributed by atoms with Crippen molar-refractivity contribution < 1.29 is 9.59 Å². The molecule has 1 aromatic heterocycles. The number of amides is 2. The highest BCUT2D eigenvalue weighted by Crippen LogP contribution is 2.21. The highest BCUT2D eigenvalue weighted by atomic mass is 79.9. The predicted octanol–water partition coefficient (Wildman–Crippen LogP) is 3.13. The van der Waals surface area contributed by atoms with Crippen molar-refractivity contribution in [3.8, 4) is 5.69 Å². The topological polar surface area (TPSA) is 76.0 Å². The van der Waals surface area contributed by atoms with Gasteiger partial charge in [-0.2, -0.15) is 5.10 Å². The van der Waals surface area contributed by atoms with E-state index < -0.39 is 0 Å². The van der Waals surface area contributed by atoms with Gasteiger partial charge < -0.3 is 10.6 Å². The van der Waals surface area contributed by atoms with Crippen molar-refractivity contribution >= 4 is 33.4 Å². The van der Waals surface area contributed by atoms with Gasteiger partial charge in [-0.25, -0.2) is 4.68 Å². The molecule has 0 radical (unpaired) electrons. The van der Waals surface area contributed by atoms with Crippen LogP contribution in [0.5, 0.6) is 0 Å². The molecule has 0 spiro atoms. The van der Waals surface area contributed by atoms with E-state index in [1.165, 1.54) is 0 Å². The quantitative estimate of drug-likeness (QED) is 0.713. The third-order valence-electron chi connectivity index (χ3n) is 4.00. The van der Waals surface area contributed by atoms with E-state index in [-0.39, 0.29) is 11.8 Å². The molecule has 0 fully saturated rings. The van der Waals surface area contributed by atoms with Gasteiger partial charge in [-0.3, -0.25) is 9.59 Å². The Hall–Kier alpha value is -2.93. The summed E-state index contributed by atoms with van der Waals surface area (Å²) in [7, 11) is 0. The molecule has 25 heavy (non-hydrogen) atoms. The lowest BCUT2D eigenvalue weighted by Crippen LogP contribution is -2.14. The molecule has 6 nitrogen and oxygen atoms in total. The van der Waals surface area contributed by atoms with E-state index in [4.69, 9.17) is 0 Å². The van der Waals surface area contributed by atoms with Crippen LogP contribution in [0, 0.1) is 0 Å². The van der Waals surface area contributed by atoms with E-state index in [0.717, 1.165) is 15.7 Å². The van der Waals surface area contributed by atoms with Crippen molar-refractivity contribution in [1.29, 1.82) is 0 Å². The zero-order chi connectivity index (χ0) is 17.4. The van der Waals surface area contributed by atoms with Crippen LogP contribution in [0.3, 0.4) is 0 Å². The summed E-state index contributed by atoms with van der Waals surface area (Å²) in [5.74, 6) is -0.340. The number of fused-ring (bicyclic) bond motifs is 1. The number of hydrogen-bond acceptors (Lipinski definition) is 3. The summed E-state index contributed by atoms with van der Waals surface area (Å²) in [5.41, 5.74) is 3.53. The molecule has 2 heterocycles. The number of nitrogens with one attached hydrogen (secondary N) is 2. The number of carbonyl (C=O) groups is 2. The lowest BCUT2D eigenvalue weighted by atomic mass is 10.1. The van der Waals surface area contributed by atoms with Crippen molar-refractivity contribution in [3.63, 3.8) is 0 Å². The smallest absolute Gasteiger partial charge is 0.255 e. The minimum absolute atomic E-state index is 0.110. The van der Waals surface area contributed by atoms with E-state index >= 15 is 0 Å². The van der Waals surface area contributed by atoms with Gasteiger partial charge in [0.1, 0.15) is 0 Å². The summed E-state index contributed by atoms with van der Waals surface area (Å²) in [4.78, 5) is 24.1. The summed E-state index contributed by atoms with van der Waals surface area (Å²) in [5, 5.41) is 9.78. The number of carbonyl (C=O) groups excluding carboxylic acids is 2. The first-order chi connectivity index (χ1) is 12.1.